The first-order valence-corrected chi connectivity index (χ1v) is 8.05. The highest BCUT2D eigenvalue weighted by Crippen LogP contribution is 2.29. The quantitative estimate of drug-likeness (QED) is 0.838. The lowest BCUT2D eigenvalue weighted by atomic mass is 10.3. The molecule has 18 heavy (non-hydrogen) atoms. The summed E-state index contributed by atoms with van der Waals surface area (Å²) in [5, 5.41) is 0.218. The Bertz CT molecular complexity index is 543. The van der Waals surface area contributed by atoms with Crippen LogP contribution in [-0.2, 0) is 14.8 Å². The Hall–Kier alpha value is -0.140. The molecule has 0 N–H and O–H groups in total. The summed E-state index contributed by atoms with van der Waals surface area (Å²) in [5.74, 6) is 0. The van der Waals surface area contributed by atoms with Crippen molar-refractivity contribution in [1.29, 1.82) is 0 Å². The molecule has 7 heteroatoms. The van der Waals surface area contributed by atoms with Gasteiger partial charge in [-0.3, -0.25) is 0 Å². The molecule has 1 aliphatic heterocycles. The van der Waals surface area contributed by atoms with Gasteiger partial charge in [0, 0.05) is 18.1 Å². The number of halogens is 2. The molecule has 1 aliphatic rings. The minimum Gasteiger partial charge on any atom is -0.380 e. The van der Waals surface area contributed by atoms with Gasteiger partial charge >= 0.3 is 0 Å². The zero-order valence-corrected chi connectivity index (χ0v) is 12.9. The van der Waals surface area contributed by atoms with Crippen molar-refractivity contribution in [3.8, 4) is 0 Å². The Morgan fingerprint density at radius 3 is 2.78 bits per heavy atom. The second-order valence-electron chi connectivity index (χ2n) is 4.11. The molecule has 100 valence electrons. The molecule has 1 fully saturated rings. The third-order valence-electron chi connectivity index (χ3n) is 2.97. The zero-order valence-electron chi connectivity index (χ0n) is 9.77. The normalized spacial score (nSPS) is 20.6. The van der Waals surface area contributed by atoms with Crippen LogP contribution < -0.4 is 0 Å². The Balaban J connectivity index is 2.35. The summed E-state index contributed by atoms with van der Waals surface area (Å²) in [6, 6.07) is 4.63. The Kier molecular flexibility index (Phi) is 4.33. The van der Waals surface area contributed by atoms with E-state index in [2.05, 4.69) is 15.9 Å². The van der Waals surface area contributed by atoms with E-state index in [1.165, 1.54) is 10.4 Å². The third kappa shape index (κ3) is 2.72. The maximum atomic E-state index is 12.4. The number of rotatable bonds is 3. The van der Waals surface area contributed by atoms with Gasteiger partial charge in [0.25, 0.3) is 0 Å². The second kappa shape index (κ2) is 5.46. The lowest BCUT2D eigenvalue weighted by molar-refractivity contribution is 0.181. The van der Waals surface area contributed by atoms with E-state index >= 15 is 0 Å². The maximum absolute atomic E-state index is 12.4. The Morgan fingerprint density at radius 2 is 2.22 bits per heavy atom. The van der Waals surface area contributed by atoms with E-state index < -0.39 is 10.0 Å². The van der Waals surface area contributed by atoms with Gasteiger partial charge in [-0.15, -0.1) is 0 Å². The van der Waals surface area contributed by atoms with E-state index in [1.807, 2.05) is 0 Å². The highest BCUT2D eigenvalue weighted by atomic mass is 79.9. The molecule has 0 amide bonds. The Labute approximate surface area is 120 Å². The van der Waals surface area contributed by atoms with Gasteiger partial charge in [0.05, 0.1) is 17.7 Å². The first-order valence-electron chi connectivity index (χ1n) is 5.44. The third-order valence-corrected chi connectivity index (χ3v) is 5.86. The van der Waals surface area contributed by atoms with E-state index in [4.69, 9.17) is 16.3 Å². The van der Waals surface area contributed by atoms with Crippen molar-refractivity contribution in [3.05, 3.63) is 27.7 Å². The van der Waals surface area contributed by atoms with E-state index in [0.717, 1.165) is 4.47 Å². The molecule has 1 aromatic carbocycles. The fraction of sp³-hybridized carbons (Fsp3) is 0.455. The highest BCUT2D eigenvalue weighted by Gasteiger charge is 2.31. The number of ether oxygens (including phenoxy) is 1. The number of likely N-dealkylation sites (N-methyl/N-ethyl adjacent to an activating group) is 1. The van der Waals surface area contributed by atoms with Crippen molar-refractivity contribution < 1.29 is 13.2 Å². The molecule has 1 atom stereocenters. The molecule has 1 saturated heterocycles. The topological polar surface area (TPSA) is 46.6 Å². The molecular weight excluding hydrogens is 342 g/mol. The van der Waals surface area contributed by atoms with Crippen LogP contribution in [0.15, 0.2) is 27.6 Å². The van der Waals surface area contributed by atoms with Crippen molar-refractivity contribution in [1.82, 2.24) is 4.31 Å². The van der Waals surface area contributed by atoms with Crippen molar-refractivity contribution in [3.63, 3.8) is 0 Å². The fourth-order valence-electron chi connectivity index (χ4n) is 1.84. The van der Waals surface area contributed by atoms with E-state index in [9.17, 15) is 8.42 Å². The second-order valence-corrected chi connectivity index (χ2v) is 7.40. The van der Waals surface area contributed by atoms with Crippen molar-refractivity contribution >= 4 is 37.6 Å². The Morgan fingerprint density at radius 1 is 1.50 bits per heavy atom. The lowest BCUT2D eigenvalue weighted by Crippen LogP contribution is -2.37. The predicted octanol–water partition coefficient (Wildman–Crippen LogP) is 2.51. The maximum Gasteiger partial charge on any atom is 0.244 e. The molecule has 1 aromatic rings. The first kappa shape index (κ1) is 14.3. The van der Waals surface area contributed by atoms with Gasteiger partial charge in [-0.05, 0) is 24.6 Å². The minimum absolute atomic E-state index is 0.116. The van der Waals surface area contributed by atoms with Gasteiger partial charge in [0.2, 0.25) is 10.0 Å². The summed E-state index contributed by atoms with van der Waals surface area (Å²) in [4.78, 5) is 0.127. The first-order chi connectivity index (χ1) is 8.43. The number of hydrogen-bond acceptors (Lipinski definition) is 3. The summed E-state index contributed by atoms with van der Waals surface area (Å²) in [6.45, 7) is 1.03. The van der Waals surface area contributed by atoms with Crippen LogP contribution in [0.4, 0.5) is 0 Å². The van der Waals surface area contributed by atoms with Gasteiger partial charge in [-0.25, -0.2) is 8.42 Å². The molecule has 1 heterocycles. The van der Waals surface area contributed by atoms with Crippen LogP contribution in [0.3, 0.4) is 0 Å². The van der Waals surface area contributed by atoms with Crippen LogP contribution in [-0.4, -0.2) is 39.0 Å². The lowest BCUT2D eigenvalue weighted by Gasteiger charge is -2.23. The molecule has 0 saturated carbocycles. The molecular formula is C11H13BrClNO3S. The average molecular weight is 355 g/mol. The summed E-state index contributed by atoms with van der Waals surface area (Å²) >= 11 is 9.25. The van der Waals surface area contributed by atoms with Crippen LogP contribution >= 0.6 is 27.5 Å². The number of hydrogen-bond donors (Lipinski definition) is 0. The zero-order chi connectivity index (χ0) is 13.3. The summed E-state index contributed by atoms with van der Waals surface area (Å²) in [5.41, 5.74) is 0. The standard InChI is InChI=1S/C11H13BrClNO3S/c1-14(9-4-5-17-7-9)18(15,16)11-3-2-8(12)6-10(11)13/h2-3,6,9H,4-5,7H2,1H3. The molecule has 0 aliphatic carbocycles. The van der Waals surface area contributed by atoms with Crippen LogP contribution in [0.25, 0.3) is 0 Å². The van der Waals surface area contributed by atoms with Crippen LogP contribution in [0.2, 0.25) is 5.02 Å². The van der Waals surface area contributed by atoms with E-state index in [0.29, 0.717) is 19.6 Å². The number of benzene rings is 1. The van der Waals surface area contributed by atoms with Crippen molar-refractivity contribution in [2.75, 3.05) is 20.3 Å². The average Bonchev–Trinajstić information content (AvgIpc) is 2.80. The van der Waals surface area contributed by atoms with Gasteiger partial charge in [0.1, 0.15) is 4.90 Å². The molecule has 0 spiro atoms. The monoisotopic (exact) mass is 353 g/mol. The molecule has 0 aromatic heterocycles. The molecule has 0 bridgehead atoms. The van der Waals surface area contributed by atoms with Gasteiger partial charge in [-0.2, -0.15) is 4.31 Å². The van der Waals surface area contributed by atoms with E-state index in [-0.39, 0.29) is 16.0 Å². The van der Waals surface area contributed by atoms with Gasteiger partial charge in [0.15, 0.2) is 0 Å². The summed E-state index contributed by atoms with van der Waals surface area (Å²) in [6.07, 6.45) is 0.712. The SMILES string of the molecule is CN(C1CCOC1)S(=O)(=O)c1ccc(Br)cc1Cl. The van der Waals surface area contributed by atoms with Gasteiger partial charge < -0.3 is 4.74 Å². The van der Waals surface area contributed by atoms with Gasteiger partial charge in [-0.1, -0.05) is 27.5 Å². The highest BCUT2D eigenvalue weighted by molar-refractivity contribution is 9.10. The van der Waals surface area contributed by atoms with Crippen LogP contribution in [0, 0.1) is 0 Å². The summed E-state index contributed by atoms with van der Waals surface area (Å²) < 4.78 is 32.1. The molecule has 4 nitrogen and oxygen atoms in total. The van der Waals surface area contributed by atoms with Crippen LogP contribution in [0.1, 0.15) is 6.42 Å². The van der Waals surface area contributed by atoms with Crippen molar-refractivity contribution in [2.24, 2.45) is 0 Å². The number of sulfonamides is 1. The molecule has 0 radical (unpaired) electrons. The smallest absolute Gasteiger partial charge is 0.244 e. The van der Waals surface area contributed by atoms with E-state index in [1.54, 1.807) is 19.2 Å². The fourth-order valence-corrected chi connectivity index (χ4v) is 4.22. The molecule has 1 unspecified atom stereocenters. The molecule has 2 rings (SSSR count). The predicted molar refractivity (Wildman–Crippen MR) is 73.3 cm³/mol. The largest absolute Gasteiger partial charge is 0.380 e. The number of nitrogens with zero attached hydrogens (tertiary/aromatic N) is 1. The minimum atomic E-state index is -3.57. The summed E-state index contributed by atoms with van der Waals surface area (Å²) in [7, 11) is -2.01. The van der Waals surface area contributed by atoms with Crippen molar-refractivity contribution in [2.45, 2.75) is 17.4 Å². The van der Waals surface area contributed by atoms with Crippen LogP contribution in [0.5, 0.6) is 0 Å².